The van der Waals surface area contributed by atoms with Crippen molar-refractivity contribution in [3.8, 4) is 0 Å². The number of aromatic nitrogens is 3. The SMILES string of the molecule is Cc1ccn(CC(=O)NC(C)c2nc3ccccc3o2)n1. The number of hydrogen-bond donors (Lipinski definition) is 1. The van der Waals surface area contributed by atoms with Crippen molar-refractivity contribution in [3.05, 3.63) is 48.1 Å². The van der Waals surface area contributed by atoms with Gasteiger partial charge in [0.25, 0.3) is 0 Å². The molecule has 2 aromatic heterocycles. The molecule has 1 unspecified atom stereocenters. The van der Waals surface area contributed by atoms with Crippen LogP contribution >= 0.6 is 0 Å². The number of carbonyl (C=O) groups excluding carboxylic acids is 1. The molecule has 0 aliphatic carbocycles. The van der Waals surface area contributed by atoms with Crippen LogP contribution in [0.4, 0.5) is 0 Å². The maximum atomic E-state index is 12.0. The largest absolute Gasteiger partial charge is 0.438 e. The molecule has 6 heteroatoms. The first-order valence-electron chi connectivity index (χ1n) is 6.77. The molecule has 0 saturated heterocycles. The highest BCUT2D eigenvalue weighted by Gasteiger charge is 2.16. The zero-order valence-electron chi connectivity index (χ0n) is 11.9. The second-order valence-electron chi connectivity index (χ2n) is 4.96. The number of nitrogens with one attached hydrogen (secondary N) is 1. The van der Waals surface area contributed by atoms with E-state index in [4.69, 9.17) is 4.42 Å². The van der Waals surface area contributed by atoms with E-state index in [2.05, 4.69) is 15.4 Å². The highest BCUT2D eigenvalue weighted by molar-refractivity contribution is 5.76. The van der Waals surface area contributed by atoms with Gasteiger partial charge in [-0.05, 0) is 32.0 Å². The molecule has 1 amide bonds. The number of benzene rings is 1. The Morgan fingerprint density at radius 2 is 2.19 bits per heavy atom. The lowest BCUT2D eigenvalue weighted by atomic mass is 10.3. The molecule has 0 radical (unpaired) electrons. The third kappa shape index (κ3) is 2.94. The van der Waals surface area contributed by atoms with Crippen LogP contribution in [0.15, 0.2) is 40.9 Å². The third-order valence-corrected chi connectivity index (χ3v) is 3.14. The van der Waals surface area contributed by atoms with Crippen molar-refractivity contribution in [2.75, 3.05) is 0 Å². The molecule has 1 N–H and O–H groups in total. The second kappa shape index (κ2) is 5.40. The molecule has 0 bridgehead atoms. The lowest BCUT2D eigenvalue weighted by Crippen LogP contribution is -2.30. The lowest BCUT2D eigenvalue weighted by Gasteiger charge is -2.10. The quantitative estimate of drug-likeness (QED) is 0.797. The maximum Gasteiger partial charge on any atom is 0.242 e. The molecule has 3 aromatic rings. The Labute approximate surface area is 121 Å². The molecule has 0 aliphatic heterocycles. The summed E-state index contributed by atoms with van der Waals surface area (Å²) >= 11 is 0. The minimum atomic E-state index is -0.290. The van der Waals surface area contributed by atoms with Crippen molar-refractivity contribution in [1.29, 1.82) is 0 Å². The van der Waals surface area contributed by atoms with E-state index in [1.165, 1.54) is 0 Å². The molecule has 0 saturated carbocycles. The molecule has 1 atom stereocenters. The van der Waals surface area contributed by atoms with Gasteiger partial charge in [-0.1, -0.05) is 12.1 Å². The summed E-state index contributed by atoms with van der Waals surface area (Å²) in [5, 5.41) is 7.04. The molecular formula is C15H16N4O2. The van der Waals surface area contributed by atoms with E-state index >= 15 is 0 Å². The van der Waals surface area contributed by atoms with Gasteiger partial charge in [0.05, 0.1) is 5.69 Å². The van der Waals surface area contributed by atoms with Gasteiger partial charge in [0.1, 0.15) is 18.1 Å². The fourth-order valence-electron chi connectivity index (χ4n) is 2.12. The number of aryl methyl sites for hydroxylation is 1. The molecule has 3 rings (SSSR count). The number of carbonyl (C=O) groups is 1. The standard InChI is InChI=1S/C15H16N4O2/c1-10-7-8-19(18-10)9-14(20)16-11(2)15-17-12-5-3-4-6-13(12)21-15/h3-8,11H,9H2,1-2H3,(H,16,20). The zero-order valence-corrected chi connectivity index (χ0v) is 11.9. The average Bonchev–Trinajstić information content (AvgIpc) is 3.04. The van der Waals surface area contributed by atoms with Gasteiger partial charge in [0, 0.05) is 6.20 Å². The summed E-state index contributed by atoms with van der Waals surface area (Å²) in [6, 6.07) is 9.09. The third-order valence-electron chi connectivity index (χ3n) is 3.14. The lowest BCUT2D eigenvalue weighted by molar-refractivity contribution is -0.122. The van der Waals surface area contributed by atoms with Crippen molar-refractivity contribution in [1.82, 2.24) is 20.1 Å². The van der Waals surface area contributed by atoms with Gasteiger partial charge in [0.15, 0.2) is 5.58 Å². The Kier molecular flexibility index (Phi) is 3.43. The van der Waals surface area contributed by atoms with Gasteiger partial charge >= 0.3 is 0 Å². The van der Waals surface area contributed by atoms with Gasteiger partial charge in [0.2, 0.25) is 11.8 Å². The van der Waals surface area contributed by atoms with E-state index in [0.717, 1.165) is 16.8 Å². The Bertz CT molecular complexity index is 742. The van der Waals surface area contributed by atoms with E-state index in [-0.39, 0.29) is 18.5 Å². The number of amides is 1. The Morgan fingerprint density at radius 3 is 2.90 bits per heavy atom. The fraction of sp³-hybridized carbons (Fsp3) is 0.267. The summed E-state index contributed by atoms with van der Waals surface area (Å²) in [4.78, 5) is 16.4. The van der Waals surface area contributed by atoms with Crippen LogP contribution in [0.5, 0.6) is 0 Å². The number of fused-ring (bicyclic) bond motifs is 1. The first-order chi connectivity index (χ1) is 10.1. The predicted molar refractivity (Wildman–Crippen MR) is 77.5 cm³/mol. The molecule has 2 heterocycles. The van der Waals surface area contributed by atoms with Gasteiger partial charge in [-0.25, -0.2) is 4.98 Å². The summed E-state index contributed by atoms with van der Waals surface area (Å²) in [5.41, 5.74) is 2.39. The minimum absolute atomic E-state index is 0.132. The van der Waals surface area contributed by atoms with Gasteiger partial charge in [-0.2, -0.15) is 5.10 Å². The smallest absolute Gasteiger partial charge is 0.242 e. The van der Waals surface area contributed by atoms with Crippen LogP contribution in [-0.4, -0.2) is 20.7 Å². The molecular weight excluding hydrogens is 268 g/mol. The highest BCUT2D eigenvalue weighted by atomic mass is 16.3. The number of nitrogens with zero attached hydrogens (tertiary/aromatic N) is 3. The van der Waals surface area contributed by atoms with E-state index in [1.807, 2.05) is 44.2 Å². The van der Waals surface area contributed by atoms with Gasteiger partial charge < -0.3 is 9.73 Å². The van der Waals surface area contributed by atoms with Crippen molar-refractivity contribution in [2.24, 2.45) is 0 Å². The molecule has 0 aliphatic rings. The van der Waals surface area contributed by atoms with Crippen molar-refractivity contribution in [2.45, 2.75) is 26.4 Å². The van der Waals surface area contributed by atoms with Crippen LogP contribution in [-0.2, 0) is 11.3 Å². The zero-order chi connectivity index (χ0) is 14.8. The number of rotatable bonds is 4. The van der Waals surface area contributed by atoms with Crippen LogP contribution in [0.2, 0.25) is 0 Å². The first kappa shape index (κ1) is 13.4. The van der Waals surface area contributed by atoms with E-state index < -0.39 is 0 Å². The number of para-hydroxylation sites is 2. The summed E-state index contributed by atoms with van der Waals surface area (Å²) in [6.07, 6.45) is 1.78. The highest BCUT2D eigenvalue weighted by Crippen LogP contribution is 2.19. The summed E-state index contributed by atoms with van der Waals surface area (Å²) in [5.74, 6) is 0.369. The summed E-state index contributed by atoms with van der Waals surface area (Å²) in [7, 11) is 0. The monoisotopic (exact) mass is 284 g/mol. The van der Waals surface area contributed by atoms with Crippen molar-refractivity contribution in [3.63, 3.8) is 0 Å². The number of oxazole rings is 1. The molecule has 0 spiro atoms. The minimum Gasteiger partial charge on any atom is -0.438 e. The predicted octanol–water partition coefficient (Wildman–Crippen LogP) is 2.21. The molecule has 1 aromatic carbocycles. The Morgan fingerprint density at radius 1 is 1.38 bits per heavy atom. The topological polar surface area (TPSA) is 73.0 Å². The van der Waals surface area contributed by atoms with Crippen LogP contribution in [0.25, 0.3) is 11.1 Å². The Hall–Kier alpha value is -2.63. The Balaban J connectivity index is 1.67. The van der Waals surface area contributed by atoms with Crippen molar-refractivity contribution < 1.29 is 9.21 Å². The molecule has 108 valence electrons. The van der Waals surface area contributed by atoms with Crippen LogP contribution < -0.4 is 5.32 Å². The molecule has 6 nitrogen and oxygen atoms in total. The van der Waals surface area contributed by atoms with Gasteiger partial charge in [-0.3, -0.25) is 9.48 Å². The second-order valence-corrected chi connectivity index (χ2v) is 4.96. The van der Waals surface area contributed by atoms with E-state index in [9.17, 15) is 4.79 Å². The van der Waals surface area contributed by atoms with Crippen molar-refractivity contribution >= 4 is 17.0 Å². The van der Waals surface area contributed by atoms with Crippen LogP contribution in [0.1, 0.15) is 24.6 Å². The summed E-state index contributed by atoms with van der Waals surface area (Å²) < 4.78 is 7.24. The first-order valence-corrected chi connectivity index (χ1v) is 6.77. The normalized spacial score (nSPS) is 12.5. The molecule has 0 fully saturated rings. The van der Waals surface area contributed by atoms with Gasteiger partial charge in [-0.15, -0.1) is 0 Å². The molecule has 21 heavy (non-hydrogen) atoms. The van der Waals surface area contributed by atoms with E-state index in [0.29, 0.717) is 5.89 Å². The van der Waals surface area contributed by atoms with Crippen LogP contribution in [0.3, 0.4) is 0 Å². The van der Waals surface area contributed by atoms with Crippen LogP contribution in [0, 0.1) is 6.92 Å². The number of hydrogen-bond acceptors (Lipinski definition) is 4. The summed E-state index contributed by atoms with van der Waals surface area (Å²) in [6.45, 7) is 3.91. The van der Waals surface area contributed by atoms with E-state index in [1.54, 1.807) is 10.9 Å². The fourth-order valence-corrected chi connectivity index (χ4v) is 2.12. The average molecular weight is 284 g/mol. The maximum absolute atomic E-state index is 12.0.